The Balaban J connectivity index is 2.31. The molecule has 0 aromatic heterocycles. The average molecular weight is 332 g/mol. The predicted molar refractivity (Wildman–Crippen MR) is 81.1 cm³/mol. The quantitative estimate of drug-likeness (QED) is 0.870. The molecule has 1 fully saturated rings. The number of hydrogen-bond acceptors (Lipinski definition) is 5. The molecule has 21 heavy (non-hydrogen) atoms. The summed E-state index contributed by atoms with van der Waals surface area (Å²) in [5.74, 6) is -0.0852. The van der Waals surface area contributed by atoms with Gasteiger partial charge in [0.05, 0.1) is 16.4 Å². The summed E-state index contributed by atoms with van der Waals surface area (Å²) in [6.07, 6.45) is 0.328. The van der Waals surface area contributed by atoms with E-state index in [0.717, 1.165) is 5.56 Å². The molecule has 0 spiro atoms. The van der Waals surface area contributed by atoms with Gasteiger partial charge in [-0.2, -0.15) is 4.31 Å². The van der Waals surface area contributed by atoms with Gasteiger partial charge in [0.25, 0.3) is 0 Å². The van der Waals surface area contributed by atoms with E-state index in [0.29, 0.717) is 6.42 Å². The molecule has 1 unspecified atom stereocenters. The van der Waals surface area contributed by atoms with Gasteiger partial charge in [0.1, 0.15) is 0 Å². The van der Waals surface area contributed by atoms with Crippen molar-refractivity contribution in [2.24, 2.45) is 5.73 Å². The third kappa shape index (κ3) is 3.82. The van der Waals surface area contributed by atoms with Gasteiger partial charge >= 0.3 is 0 Å². The van der Waals surface area contributed by atoms with Crippen LogP contribution < -0.4 is 5.73 Å². The van der Waals surface area contributed by atoms with Crippen molar-refractivity contribution in [3.8, 4) is 0 Å². The lowest BCUT2D eigenvalue weighted by Crippen LogP contribution is -2.33. The van der Waals surface area contributed by atoms with E-state index in [1.807, 2.05) is 0 Å². The van der Waals surface area contributed by atoms with Gasteiger partial charge < -0.3 is 5.73 Å². The van der Waals surface area contributed by atoms with E-state index in [1.54, 1.807) is 25.1 Å². The lowest BCUT2D eigenvalue weighted by atomic mass is 10.1. The number of nitrogens with zero attached hydrogens (tertiary/aromatic N) is 1. The van der Waals surface area contributed by atoms with E-state index in [9.17, 15) is 16.8 Å². The van der Waals surface area contributed by atoms with Gasteiger partial charge in [0.15, 0.2) is 9.84 Å². The number of benzene rings is 1. The highest BCUT2D eigenvalue weighted by molar-refractivity contribution is 7.91. The van der Waals surface area contributed by atoms with Crippen LogP contribution >= 0.6 is 0 Å². The van der Waals surface area contributed by atoms with Crippen molar-refractivity contribution in [1.29, 1.82) is 0 Å². The molecule has 0 saturated carbocycles. The molecule has 2 rings (SSSR count). The number of hydrogen-bond donors (Lipinski definition) is 1. The second-order valence-electron chi connectivity index (χ2n) is 5.27. The first kappa shape index (κ1) is 16.4. The fourth-order valence-corrected chi connectivity index (χ4v) is 5.19. The smallest absolute Gasteiger partial charge is 0.243 e. The summed E-state index contributed by atoms with van der Waals surface area (Å²) in [5, 5.41) is 0. The molecule has 0 aliphatic carbocycles. The largest absolute Gasteiger partial charge is 0.324 e. The van der Waals surface area contributed by atoms with Gasteiger partial charge in [-0.25, -0.2) is 16.8 Å². The summed E-state index contributed by atoms with van der Waals surface area (Å²) in [5.41, 5.74) is 6.51. The highest BCUT2D eigenvalue weighted by Gasteiger charge is 2.29. The Kier molecular flexibility index (Phi) is 4.72. The van der Waals surface area contributed by atoms with E-state index in [1.165, 1.54) is 10.4 Å². The van der Waals surface area contributed by atoms with Crippen LogP contribution in [0.1, 0.15) is 24.9 Å². The van der Waals surface area contributed by atoms with E-state index >= 15 is 0 Å². The van der Waals surface area contributed by atoms with Crippen LogP contribution in [0.4, 0.5) is 0 Å². The molecule has 1 saturated heterocycles. The molecule has 0 radical (unpaired) electrons. The van der Waals surface area contributed by atoms with Gasteiger partial charge in [0.2, 0.25) is 10.0 Å². The van der Waals surface area contributed by atoms with Gasteiger partial charge in [-0.3, -0.25) is 0 Å². The third-order valence-corrected chi connectivity index (χ3v) is 7.15. The average Bonchev–Trinajstić information content (AvgIpc) is 2.60. The monoisotopic (exact) mass is 332 g/mol. The molecule has 1 aromatic rings. The van der Waals surface area contributed by atoms with E-state index in [4.69, 9.17) is 5.73 Å². The van der Waals surface area contributed by atoms with E-state index in [2.05, 4.69) is 0 Å². The molecule has 1 aliphatic heterocycles. The Morgan fingerprint density at radius 2 is 1.95 bits per heavy atom. The van der Waals surface area contributed by atoms with Crippen molar-refractivity contribution in [2.75, 3.05) is 24.6 Å². The molecule has 1 aliphatic rings. The molecule has 8 heteroatoms. The van der Waals surface area contributed by atoms with E-state index in [-0.39, 0.29) is 35.5 Å². The molecule has 118 valence electrons. The zero-order chi connectivity index (χ0) is 15.7. The lowest BCUT2D eigenvalue weighted by molar-refractivity contribution is 0.434. The van der Waals surface area contributed by atoms with Gasteiger partial charge in [-0.05, 0) is 31.0 Å². The van der Waals surface area contributed by atoms with Crippen molar-refractivity contribution in [3.05, 3.63) is 29.8 Å². The SMILES string of the molecule is CC(N)c1cccc(S(=O)(=O)N2CCCS(=O)(=O)CC2)c1. The predicted octanol–water partition coefficient (Wildman–Crippen LogP) is 0.516. The topological polar surface area (TPSA) is 97.5 Å². The molecule has 6 nitrogen and oxygen atoms in total. The fourth-order valence-electron chi connectivity index (χ4n) is 2.26. The maximum Gasteiger partial charge on any atom is 0.243 e. The summed E-state index contributed by atoms with van der Waals surface area (Å²) in [6.45, 7) is 2.02. The van der Waals surface area contributed by atoms with Crippen LogP contribution in [-0.2, 0) is 19.9 Å². The number of sulfonamides is 1. The zero-order valence-electron chi connectivity index (χ0n) is 11.9. The lowest BCUT2D eigenvalue weighted by Gasteiger charge is -2.20. The van der Waals surface area contributed by atoms with Gasteiger partial charge in [0, 0.05) is 19.1 Å². The molecule has 1 heterocycles. The van der Waals surface area contributed by atoms with Crippen molar-refractivity contribution >= 4 is 19.9 Å². The van der Waals surface area contributed by atoms with Crippen LogP contribution in [0.3, 0.4) is 0 Å². The number of nitrogens with two attached hydrogens (primary N) is 1. The van der Waals surface area contributed by atoms with Crippen LogP contribution in [0, 0.1) is 0 Å². The van der Waals surface area contributed by atoms with Crippen LogP contribution in [0.15, 0.2) is 29.2 Å². The first-order valence-electron chi connectivity index (χ1n) is 6.78. The first-order chi connectivity index (χ1) is 9.72. The van der Waals surface area contributed by atoms with E-state index < -0.39 is 19.9 Å². The maximum absolute atomic E-state index is 12.6. The molecule has 0 amide bonds. The summed E-state index contributed by atoms with van der Waals surface area (Å²) in [7, 11) is -6.82. The third-order valence-electron chi connectivity index (χ3n) is 3.54. The Morgan fingerprint density at radius 1 is 1.24 bits per heavy atom. The minimum absolute atomic E-state index is 0.00702. The molecule has 0 bridgehead atoms. The normalized spacial score (nSPS) is 21.6. The van der Waals surface area contributed by atoms with Crippen LogP contribution in [-0.4, -0.2) is 45.7 Å². The standard InChI is InChI=1S/C13H20N2O4S2/c1-11(14)12-4-2-5-13(10-12)21(18,19)15-6-3-8-20(16,17)9-7-15/h2,4-5,10-11H,3,6-9,14H2,1H3. The van der Waals surface area contributed by atoms with Crippen molar-refractivity contribution in [2.45, 2.75) is 24.3 Å². The van der Waals surface area contributed by atoms with Gasteiger partial charge in [-0.15, -0.1) is 0 Å². The van der Waals surface area contributed by atoms with Gasteiger partial charge in [-0.1, -0.05) is 12.1 Å². The van der Waals surface area contributed by atoms with Crippen molar-refractivity contribution in [1.82, 2.24) is 4.31 Å². The number of rotatable bonds is 3. The second kappa shape index (κ2) is 6.04. The Bertz CT molecular complexity index is 711. The molecule has 2 N–H and O–H groups in total. The first-order valence-corrected chi connectivity index (χ1v) is 10.0. The van der Waals surface area contributed by atoms with Crippen molar-refractivity contribution in [3.63, 3.8) is 0 Å². The highest BCUT2D eigenvalue weighted by Crippen LogP contribution is 2.21. The summed E-state index contributed by atoms with van der Waals surface area (Å²) in [4.78, 5) is 0.164. The molecule has 1 atom stereocenters. The Labute approximate surface area is 125 Å². The summed E-state index contributed by atoms with van der Waals surface area (Å²) in [6, 6.07) is 6.24. The minimum atomic E-state index is -3.68. The Hall–Kier alpha value is -0.960. The second-order valence-corrected chi connectivity index (χ2v) is 9.51. The summed E-state index contributed by atoms with van der Waals surface area (Å²) < 4.78 is 49.7. The molecular formula is C13H20N2O4S2. The van der Waals surface area contributed by atoms with Crippen LogP contribution in [0.2, 0.25) is 0 Å². The van der Waals surface area contributed by atoms with Crippen LogP contribution in [0.25, 0.3) is 0 Å². The minimum Gasteiger partial charge on any atom is -0.324 e. The molecular weight excluding hydrogens is 312 g/mol. The maximum atomic E-state index is 12.6. The van der Waals surface area contributed by atoms with Crippen LogP contribution in [0.5, 0.6) is 0 Å². The summed E-state index contributed by atoms with van der Waals surface area (Å²) >= 11 is 0. The number of sulfone groups is 1. The zero-order valence-corrected chi connectivity index (χ0v) is 13.5. The highest BCUT2D eigenvalue weighted by atomic mass is 32.2. The van der Waals surface area contributed by atoms with Crippen molar-refractivity contribution < 1.29 is 16.8 Å². The molecule has 1 aromatic carbocycles. The Morgan fingerprint density at radius 3 is 2.62 bits per heavy atom. The fraction of sp³-hybridized carbons (Fsp3) is 0.538.